The average Bonchev–Trinajstić information content (AvgIpc) is 3.23. The predicted molar refractivity (Wildman–Crippen MR) is 114 cm³/mol. The summed E-state index contributed by atoms with van der Waals surface area (Å²) in [6, 6.07) is 8.33. The molecule has 1 saturated carbocycles. The monoisotopic (exact) mass is 415 g/mol. The molecule has 1 aromatic rings. The SMILES string of the molecule is CC(=O)N[C@@H](Cc1ccccc1)C(=O)N1CCC[C@H]1C(O)C(=O)NC1CCCCC1. The van der Waals surface area contributed by atoms with Crippen molar-refractivity contribution in [2.45, 2.75) is 82.5 Å². The molecule has 0 bridgehead atoms. The maximum Gasteiger partial charge on any atom is 0.251 e. The van der Waals surface area contributed by atoms with E-state index >= 15 is 0 Å². The van der Waals surface area contributed by atoms with Gasteiger partial charge in [-0.2, -0.15) is 0 Å². The maximum absolute atomic E-state index is 13.3. The van der Waals surface area contributed by atoms with Crippen LogP contribution in [0.4, 0.5) is 0 Å². The Kier molecular flexibility index (Phi) is 7.85. The molecule has 3 N–H and O–H groups in total. The molecule has 0 aromatic heterocycles. The standard InChI is InChI=1S/C23H33N3O4/c1-16(27)24-19(15-17-9-4-2-5-10-17)23(30)26-14-8-13-20(26)21(28)22(29)25-18-11-6-3-7-12-18/h2,4-5,9-10,18-21,28H,3,6-8,11-15H2,1H3,(H,24,27)(H,25,29)/t19-,20-,21?/m0/s1. The summed E-state index contributed by atoms with van der Waals surface area (Å²) in [5, 5.41) is 16.4. The van der Waals surface area contributed by atoms with Crippen LogP contribution in [0.3, 0.4) is 0 Å². The molecule has 7 nitrogen and oxygen atoms in total. The second-order valence-electron chi connectivity index (χ2n) is 8.47. The number of nitrogens with one attached hydrogen (secondary N) is 2. The van der Waals surface area contributed by atoms with E-state index in [-0.39, 0.29) is 17.9 Å². The molecule has 1 unspecified atom stereocenters. The lowest BCUT2D eigenvalue weighted by molar-refractivity contribution is -0.142. The van der Waals surface area contributed by atoms with Crippen LogP contribution in [-0.2, 0) is 20.8 Å². The van der Waals surface area contributed by atoms with Crippen molar-refractivity contribution in [3.63, 3.8) is 0 Å². The van der Waals surface area contributed by atoms with Crippen molar-refractivity contribution in [2.75, 3.05) is 6.54 Å². The van der Waals surface area contributed by atoms with E-state index in [2.05, 4.69) is 10.6 Å². The van der Waals surface area contributed by atoms with Crippen molar-refractivity contribution in [3.05, 3.63) is 35.9 Å². The number of amides is 3. The topological polar surface area (TPSA) is 98.7 Å². The number of aliphatic hydroxyl groups is 1. The highest BCUT2D eigenvalue weighted by Gasteiger charge is 2.40. The third-order valence-corrected chi connectivity index (χ3v) is 6.13. The Hall–Kier alpha value is -2.41. The van der Waals surface area contributed by atoms with Crippen molar-refractivity contribution >= 4 is 17.7 Å². The lowest BCUT2D eigenvalue weighted by Gasteiger charge is -2.32. The Bertz CT molecular complexity index is 733. The lowest BCUT2D eigenvalue weighted by Crippen LogP contribution is -2.56. The number of benzene rings is 1. The van der Waals surface area contributed by atoms with E-state index in [4.69, 9.17) is 0 Å². The first-order chi connectivity index (χ1) is 14.5. The van der Waals surface area contributed by atoms with Gasteiger partial charge in [0.05, 0.1) is 6.04 Å². The molecule has 0 radical (unpaired) electrons. The zero-order valence-corrected chi connectivity index (χ0v) is 17.7. The minimum Gasteiger partial charge on any atom is -0.381 e. The van der Waals surface area contributed by atoms with Gasteiger partial charge < -0.3 is 20.6 Å². The third-order valence-electron chi connectivity index (χ3n) is 6.13. The third kappa shape index (κ3) is 5.81. The second-order valence-corrected chi connectivity index (χ2v) is 8.47. The number of hydrogen-bond donors (Lipinski definition) is 3. The Balaban J connectivity index is 1.67. The van der Waals surface area contributed by atoms with E-state index in [1.54, 1.807) is 4.90 Å². The zero-order chi connectivity index (χ0) is 21.5. The average molecular weight is 416 g/mol. The Morgan fingerprint density at radius 1 is 1.07 bits per heavy atom. The molecule has 2 aliphatic rings. The van der Waals surface area contributed by atoms with E-state index < -0.39 is 24.1 Å². The summed E-state index contributed by atoms with van der Waals surface area (Å²) in [4.78, 5) is 39.2. The van der Waals surface area contributed by atoms with Gasteiger partial charge >= 0.3 is 0 Å². The normalized spacial score (nSPS) is 21.7. The van der Waals surface area contributed by atoms with E-state index in [1.165, 1.54) is 13.3 Å². The summed E-state index contributed by atoms with van der Waals surface area (Å²) >= 11 is 0. The fourth-order valence-corrected chi connectivity index (χ4v) is 4.60. The molecular formula is C23H33N3O4. The van der Waals surface area contributed by atoms with E-state index in [1.807, 2.05) is 30.3 Å². The van der Waals surface area contributed by atoms with E-state index in [0.717, 1.165) is 37.7 Å². The number of carbonyl (C=O) groups is 3. The van der Waals surface area contributed by atoms with Crippen LogP contribution in [0.2, 0.25) is 0 Å². The van der Waals surface area contributed by atoms with Gasteiger partial charge in [0.25, 0.3) is 5.91 Å². The van der Waals surface area contributed by atoms with Gasteiger partial charge in [-0.3, -0.25) is 14.4 Å². The number of nitrogens with zero attached hydrogens (tertiary/aromatic N) is 1. The van der Waals surface area contributed by atoms with Crippen LogP contribution in [0, 0.1) is 0 Å². The van der Waals surface area contributed by atoms with Gasteiger partial charge in [0.1, 0.15) is 6.04 Å². The van der Waals surface area contributed by atoms with Crippen molar-refractivity contribution in [1.82, 2.24) is 15.5 Å². The summed E-state index contributed by atoms with van der Waals surface area (Å²) in [7, 11) is 0. The van der Waals surface area contributed by atoms with Crippen LogP contribution in [0.5, 0.6) is 0 Å². The van der Waals surface area contributed by atoms with E-state index in [9.17, 15) is 19.5 Å². The van der Waals surface area contributed by atoms with Gasteiger partial charge in [0.15, 0.2) is 6.10 Å². The molecule has 3 rings (SSSR count). The minimum absolute atomic E-state index is 0.108. The summed E-state index contributed by atoms with van der Waals surface area (Å²) in [5.41, 5.74) is 0.941. The quantitative estimate of drug-likeness (QED) is 0.629. The maximum atomic E-state index is 13.3. The molecule has 2 fully saturated rings. The smallest absolute Gasteiger partial charge is 0.251 e. The number of hydrogen-bond acceptors (Lipinski definition) is 4. The van der Waals surface area contributed by atoms with Crippen LogP contribution < -0.4 is 10.6 Å². The highest BCUT2D eigenvalue weighted by atomic mass is 16.3. The summed E-state index contributed by atoms with van der Waals surface area (Å²) < 4.78 is 0. The molecule has 164 valence electrons. The minimum atomic E-state index is -1.26. The Morgan fingerprint density at radius 2 is 1.77 bits per heavy atom. The lowest BCUT2D eigenvalue weighted by atomic mass is 9.95. The van der Waals surface area contributed by atoms with Crippen molar-refractivity contribution in [2.24, 2.45) is 0 Å². The first-order valence-corrected chi connectivity index (χ1v) is 11.1. The molecule has 3 amide bonds. The van der Waals surface area contributed by atoms with Gasteiger partial charge in [0.2, 0.25) is 11.8 Å². The largest absolute Gasteiger partial charge is 0.381 e. The van der Waals surface area contributed by atoms with Crippen molar-refractivity contribution in [1.29, 1.82) is 0 Å². The van der Waals surface area contributed by atoms with Crippen LogP contribution in [0.1, 0.15) is 57.4 Å². The fraction of sp³-hybridized carbons (Fsp3) is 0.609. The van der Waals surface area contributed by atoms with Gasteiger partial charge in [0, 0.05) is 25.9 Å². The van der Waals surface area contributed by atoms with Gasteiger partial charge in [-0.1, -0.05) is 49.6 Å². The molecule has 1 aliphatic carbocycles. The summed E-state index contributed by atoms with van der Waals surface area (Å²) in [5.74, 6) is -0.928. The van der Waals surface area contributed by atoms with Crippen molar-refractivity contribution < 1.29 is 19.5 Å². The Morgan fingerprint density at radius 3 is 2.43 bits per heavy atom. The molecule has 7 heteroatoms. The highest BCUT2D eigenvalue weighted by molar-refractivity contribution is 5.89. The molecule has 1 saturated heterocycles. The van der Waals surface area contributed by atoms with Crippen LogP contribution in [-0.4, -0.2) is 58.5 Å². The number of rotatable bonds is 7. The molecule has 1 aliphatic heterocycles. The first kappa shape index (κ1) is 22.3. The van der Waals surface area contributed by atoms with Gasteiger partial charge in [-0.05, 0) is 31.2 Å². The predicted octanol–water partition coefficient (Wildman–Crippen LogP) is 1.53. The zero-order valence-electron chi connectivity index (χ0n) is 17.7. The summed E-state index contributed by atoms with van der Waals surface area (Å²) in [6.07, 6.45) is 5.65. The number of likely N-dealkylation sites (tertiary alicyclic amines) is 1. The van der Waals surface area contributed by atoms with Gasteiger partial charge in [-0.15, -0.1) is 0 Å². The highest BCUT2D eigenvalue weighted by Crippen LogP contribution is 2.23. The van der Waals surface area contributed by atoms with Crippen LogP contribution in [0.25, 0.3) is 0 Å². The molecule has 1 heterocycles. The fourth-order valence-electron chi connectivity index (χ4n) is 4.60. The van der Waals surface area contributed by atoms with Crippen LogP contribution in [0.15, 0.2) is 30.3 Å². The molecule has 1 aromatic carbocycles. The number of carbonyl (C=O) groups excluding carboxylic acids is 3. The first-order valence-electron chi connectivity index (χ1n) is 11.1. The molecule has 0 spiro atoms. The number of aliphatic hydroxyl groups excluding tert-OH is 1. The Labute approximate surface area is 178 Å². The molecular weight excluding hydrogens is 382 g/mol. The second kappa shape index (κ2) is 10.6. The van der Waals surface area contributed by atoms with E-state index in [0.29, 0.717) is 19.4 Å². The van der Waals surface area contributed by atoms with Crippen LogP contribution >= 0.6 is 0 Å². The van der Waals surface area contributed by atoms with Gasteiger partial charge in [-0.25, -0.2) is 0 Å². The molecule has 3 atom stereocenters. The summed E-state index contributed by atoms with van der Waals surface area (Å²) in [6.45, 7) is 1.86. The molecule has 30 heavy (non-hydrogen) atoms. The van der Waals surface area contributed by atoms with Crippen molar-refractivity contribution in [3.8, 4) is 0 Å².